The molecule has 0 atom stereocenters. The maximum atomic E-state index is 10.6. The summed E-state index contributed by atoms with van der Waals surface area (Å²) in [5, 5.41) is 21.2. The molecule has 0 amide bonds. The monoisotopic (exact) mass is 756 g/mol. The molecular formula is C48H38Na2O6. The van der Waals surface area contributed by atoms with E-state index < -0.39 is 11.9 Å². The number of para-hydroxylation sites is 2. The normalized spacial score (nSPS) is 10.7. The molecule has 6 aromatic carbocycles. The number of allylic oxidation sites excluding steroid dienone is 2. The average molecular weight is 757 g/mol. The minimum Gasteiger partial charge on any atom is -0.545 e. The largest absolute Gasteiger partial charge is 1.00 e. The average Bonchev–Trinajstić information content (AvgIpc) is 3.18. The van der Waals surface area contributed by atoms with Crippen molar-refractivity contribution in [3.05, 3.63) is 215 Å². The molecule has 0 N–H and O–H groups in total. The van der Waals surface area contributed by atoms with E-state index >= 15 is 0 Å². The van der Waals surface area contributed by atoms with Crippen molar-refractivity contribution < 1.29 is 88.4 Å². The summed E-state index contributed by atoms with van der Waals surface area (Å²) in [6.07, 6.45) is 14.7. The number of aliphatic carboxylic acids is 2. The zero-order chi connectivity index (χ0) is 37.8. The van der Waals surface area contributed by atoms with Crippen LogP contribution in [0.1, 0.15) is 33.4 Å². The third-order valence-electron chi connectivity index (χ3n) is 7.86. The fourth-order valence-corrected chi connectivity index (χ4v) is 5.32. The van der Waals surface area contributed by atoms with Crippen molar-refractivity contribution in [3.63, 3.8) is 0 Å². The van der Waals surface area contributed by atoms with Gasteiger partial charge in [-0.2, -0.15) is 0 Å². The van der Waals surface area contributed by atoms with Crippen molar-refractivity contribution in [2.75, 3.05) is 0 Å². The number of ether oxygens (including phenoxy) is 2. The van der Waals surface area contributed by atoms with Crippen molar-refractivity contribution in [1.82, 2.24) is 0 Å². The van der Waals surface area contributed by atoms with Gasteiger partial charge in [0, 0.05) is 0 Å². The van der Waals surface area contributed by atoms with E-state index in [1.807, 2.05) is 182 Å². The van der Waals surface area contributed by atoms with Crippen LogP contribution in [0.15, 0.2) is 182 Å². The molecule has 0 bridgehead atoms. The zero-order valence-electron chi connectivity index (χ0n) is 31.5. The summed E-state index contributed by atoms with van der Waals surface area (Å²) in [6.45, 7) is 0. The van der Waals surface area contributed by atoms with Gasteiger partial charge in [-0.15, -0.1) is 0 Å². The fourth-order valence-electron chi connectivity index (χ4n) is 5.32. The predicted octanol–water partition coefficient (Wildman–Crippen LogP) is 3.00. The van der Waals surface area contributed by atoms with E-state index in [9.17, 15) is 19.8 Å². The molecule has 0 saturated heterocycles. The van der Waals surface area contributed by atoms with Crippen molar-refractivity contribution in [1.29, 1.82) is 0 Å². The number of benzene rings is 6. The summed E-state index contributed by atoms with van der Waals surface area (Å²) >= 11 is 0. The Balaban J connectivity index is 0.000000290. The number of hydrogen-bond acceptors (Lipinski definition) is 6. The molecular weight excluding hydrogens is 719 g/mol. The summed E-state index contributed by atoms with van der Waals surface area (Å²) in [4.78, 5) is 21.2. The first-order valence-corrected chi connectivity index (χ1v) is 17.3. The molecule has 0 aliphatic rings. The number of carbonyl (C=O) groups excluding carboxylic acids is 2. The summed E-state index contributed by atoms with van der Waals surface area (Å²) in [5.41, 5.74) is 5.86. The number of carboxylic acids is 2. The number of carboxylic acid groups (broad SMARTS) is 2. The maximum absolute atomic E-state index is 10.6. The third kappa shape index (κ3) is 16.3. The van der Waals surface area contributed by atoms with Gasteiger partial charge in [0.15, 0.2) is 0 Å². The zero-order valence-corrected chi connectivity index (χ0v) is 35.5. The second kappa shape index (κ2) is 25.1. The Morgan fingerprint density at radius 3 is 1.52 bits per heavy atom. The Labute approximate surface area is 372 Å². The Hall–Kier alpha value is -5.18. The molecule has 0 aliphatic carbocycles. The second-order valence-corrected chi connectivity index (χ2v) is 11.9. The van der Waals surface area contributed by atoms with Crippen LogP contribution in [0.25, 0.3) is 24.3 Å². The molecule has 0 heterocycles. The summed E-state index contributed by atoms with van der Waals surface area (Å²) in [5.74, 6) is 0.774. The standard InChI is InChI=1S/2C24H20O3.2Na/c2*25-24(26)17-16-21-11-5-4-10-20(21)12-6-8-19-9-7-15-23(18-19)27-22-13-2-1-3-14-22;;/h1-7,9-18H,8H2,(H,25,26);1-11,13-18H,12H2,(H,25,26);;/q;;2*+1/p-2/b12-6+,17-16+;8-6+,17-16+;;. The van der Waals surface area contributed by atoms with Crippen LogP contribution < -0.4 is 78.8 Å². The molecule has 6 rings (SSSR count). The van der Waals surface area contributed by atoms with Crippen LogP contribution >= 0.6 is 0 Å². The van der Waals surface area contributed by atoms with Crippen LogP contribution in [-0.2, 0) is 22.4 Å². The quantitative estimate of drug-likeness (QED) is 0.125. The van der Waals surface area contributed by atoms with E-state index in [1.165, 1.54) is 0 Å². The Kier molecular flexibility index (Phi) is 20.2. The van der Waals surface area contributed by atoms with Gasteiger partial charge in [0.25, 0.3) is 0 Å². The van der Waals surface area contributed by atoms with E-state index in [2.05, 4.69) is 0 Å². The van der Waals surface area contributed by atoms with Crippen molar-refractivity contribution in [3.8, 4) is 23.0 Å². The van der Waals surface area contributed by atoms with Gasteiger partial charge in [-0.05, 0) is 107 Å². The molecule has 0 fully saturated rings. The van der Waals surface area contributed by atoms with Gasteiger partial charge in [-0.1, -0.05) is 146 Å². The molecule has 0 spiro atoms. The van der Waals surface area contributed by atoms with Gasteiger partial charge in [-0.3, -0.25) is 0 Å². The van der Waals surface area contributed by atoms with Gasteiger partial charge in [0.2, 0.25) is 0 Å². The minimum atomic E-state index is -1.20. The van der Waals surface area contributed by atoms with Crippen LogP contribution in [0.4, 0.5) is 0 Å². The van der Waals surface area contributed by atoms with Crippen LogP contribution in [0.2, 0.25) is 0 Å². The summed E-state index contributed by atoms with van der Waals surface area (Å²) < 4.78 is 11.7. The van der Waals surface area contributed by atoms with Crippen LogP contribution in [0, 0.1) is 0 Å². The van der Waals surface area contributed by atoms with E-state index in [-0.39, 0.29) is 59.1 Å². The van der Waals surface area contributed by atoms with Gasteiger partial charge in [-0.25, -0.2) is 0 Å². The number of carbonyl (C=O) groups is 2. The first-order valence-electron chi connectivity index (χ1n) is 17.3. The van der Waals surface area contributed by atoms with Gasteiger partial charge >= 0.3 is 59.1 Å². The van der Waals surface area contributed by atoms with Crippen LogP contribution in [0.3, 0.4) is 0 Å². The Morgan fingerprint density at radius 1 is 0.446 bits per heavy atom. The van der Waals surface area contributed by atoms with E-state index in [4.69, 9.17) is 9.47 Å². The summed E-state index contributed by atoms with van der Waals surface area (Å²) in [6, 6.07) is 50.4. The molecule has 6 aromatic rings. The van der Waals surface area contributed by atoms with Gasteiger partial charge < -0.3 is 29.3 Å². The third-order valence-corrected chi connectivity index (χ3v) is 7.86. The SMILES string of the molecule is O=C([O-])/C=C/c1ccccc1/C=C/Cc1cccc(Oc2ccccc2)c1.O=C([O-])/C=C/c1ccccc1C/C=C/c1cccc(Oc2ccccc2)c1.[Na+].[Na+]. The molecule has 0 radical (unpaired) electrons. The molecule has 0 aliphatic heterocycles. The fraction of sp³-hybridized carbons (Fsp3) is 0.0417. The van der Waals surface area contributed by atoms with E-state index in [0.29, 0.717) is 6.42 Å². The predicted molar refractivity (Wildman–Crippen MR) is 212 cm³/mol. The molecule has 0 unspecified atom stereocenters. The first kappa shape index (κ1) is 45.2. The van der Waals surface area contributed by atoms with Gasteiger partial charge in [0.05, 0.1) is 11.9 Å². The molecule has 8 heteroatoms. The molecule has 0 saturated carbocycles. The Bertz CT molecular complexity index is 2250. The van der Waals surface area contributed by atoms with E-state index in [1.54, 1.807) is 12.2 Å². The maximum Gasteiger partial charge on any atom is 1.00 e. The smallest absolute Gasteiger partial charge is 0.545 e. The van der Waals surface area contributed by atoms with Gasteiger partial charge in [0.1, 0.15) is 23.0 Å². The van der Waals surface area contributed by atoms with Crippen molar-refractivity contribution >= 4 is 36.2 Å². The van der Waals surface area contributed by atoms with Crippen LogP contribution in [0.5, 0.6) is 23.0 Å². The van der Waals surface area contributed by atoms with Crippen molar-refractivity contribution in [2.45, 2.75) is 12.8 Å². The second-order valence-electron chi connectivity index (χ2n) is 11.9. The molecule has 6 nitrogen and oxygen atoms in total. The molecule has 56 heavy (non-hydrogen) atoms. The first-order chi connectivity index (χ1) is 26.4. The summed E-state index contributed by atoms with van der Waals surface area (Å²) in [7, 11) is 0. The molecule has 268 valence electrons. The topological polar surface area (TPSA) is 98.7 Å². The van der Waals surface area contributed by atoms with Crippen molar-refractivity contribution in [2.24, 2.45) is 0 Å². The molecule has 0 aromatic heterocycles. The minimum absolute atomic E-state index is 0. The Morgan fingerprint density at radius 2 is 0.911 bits per heavy atom. The van der Waals surface area contributed by atoms with Crippen LogP contribution in [-0.4, -0.2) is 11.9 Å². The number of rotatable bonds is 14. The number of hydrogen-bond donors (Lipinski definition) is 0. The van der Waals surface area contributed by atoms with E-state index in [0.717, 1.165) is 75.0 Å².